The number of pyridine rings is 1. The highest BCUT2D eigenvalue weighted by molar-refractivity contribution is 5.93. The molecule has 1 amide bonds. The zero-order chi connectivity index (χ0) is 8.55. The van der Waals surface area contributed by atoms with Gasteiger partial charge in [-0.2, -0.15) is 4.99 Å². The van der Waals surface area contributed by atoms with Crippen molar-refractivity contribution in [1.82, 2.24) is 4.98 Å². The first kappa shape index (κ1) is 6.84. The first-order valence-corrected chi connectivity index (χ1v) is 3.39. The van der Waals surface area contributed by atoms with E-state index in [1.54, 1.807) is 18.3 Å². The fraction of sp³-hybridized carbons (Fsp3) is 0. The van der Waals surface area contributed by atoms with E-state index in [9.17, 15) is 4.79 Å². The van der Waals surface area contributed by atoms with Gasteiger partial charge in [-0.25, -0.2) is 9.98 Å². The molecule has 0 spiro atoms. The topological polar surface area (TPSA) is 54.7 Å². The quantitative estimate of drug-likeness (QED) is 0.473. The van der Waals surface area contributed by atoms with Gasteiger partial charge in [0.15, 0.2) is 5.49 Å². The van der Waals surface area contributed by atoms with Gasteiger partial charge >= 0.3 is 0 Å². The van der Waals surface area contributed by atoms with Crippen molar-refractivity contribution in [2.45, 2.75) is 0 Å². The van der Waals surface area contributed by atoms with Gasteiger partial charge in [0.2, 0.25) is 0 Å². The number of carbonyl (C=O) groups is 1. The highest BCUT2D eigenvalue weighted by atomic mass is 16.1. The van der Waals surface area contributed by atoms with Gasteiger partial charge in [0.05, 0.1) is 0 Å². The maximum absolute atomic E-state index is 11.0. The molecule has 0 bridgehead atoms. The van der Waals surface area contributed by atoms with Gasteiger partial charge < -0.3 is 0 Å². The van der Waals surface area contributed by atoms with Crippen LogP contribution in [-0.4, -0.2) is 10.9 Å². The van der Waals surface area contributed by atoms with Crippen molar-refractivity contribution in [3.05, 3.63) is 41.5 Å². The lowest BCUT2D eigenvalue weighted by Crippen LogP contribution is -2.33. The third-order valence-electron chi connectivity index (χ3n) is 1.48. The molecule has 0 unspecified atom stereocenters. The van der Waals surface area contributed by atoms with Crippen LogP contribution in [0.2, 0.25) is 0 Å². The van der Waals surface area contributed by atoms with Gasteiger partial charge in [0.25, 0.3) is 5.91 Å². The molecule has 1 aliphatic rings. The van der Waals surface area contributed by atoms with Crippen LogP contribution in [0.4, 0.5) is 0 Å². The van der Waals surface area contributed by atoms with Gasteiger partial charge in [0, 0.05) is 6.20 Å². The van der Waals surface area contributed by atoms with Crippen molar-refractivity contribution in [2.75, 3.05) is 0 Å². The second kappa shape index (κ2) is 2.34. The lowest BCUT2D eigenvalue weighted by atomic mass is 10.4. The smallest absolute Gasteiger partial charge is 0.265 e. The fourth-order valence-electron chi connectivity index (χ4n) is 0.916. The lowest BCUT2D eigenvalue weighted by molar-refractivity contribution is -0.114. The molecule has 58 valence electrons. The summed E-state index contributed by atoms with van der Waals surface area (Å²) >= 11 is 0. The van der Waals surface area contributed by atoms with Crippen LogP contribution in [-0.2, 0) is 4.79 Å². The fourth-order valence-corrected chi connectivity index (χ4v) is 0.916. The van der Waals surface area contributed by atoms with Crippen molar-refractivity contribution < 1.29 is 4.79 Å². The second-order valence-electron chi connectivity index (χ2n) is 2.32. The second-order valence-corrected chi connectivity index (χ2v) is 2.32. The summed E-state index contributed by atoms with van der Waals surface area (Å²) < 4.78 is 0. The SMILES string of the molecule is C=C1N=c2cccnc2=NC1=O. The molecular formula is C8H5N3O. The third-order valence-corrected chi connectivity index (χ3v) is 1.48. The zero-order valence-electron chi connectivity index (χ0n) is 6.19. The van der Waals surface area contributed by atoms with Crippen LogP contribution in [0.1, 0.15) is 0 Å². The molecule has 2 heterocycles. The Bertz CT molecular complexity index is 430. The molecule has 4 heteroatoms. The number of hydrogen-bond acceptors (Lipinski definition) is 3. The molecule has 0 fully saturated rings. The summed E-state index contributed by atoms with van der Waals surface area (Å²) in [4.78, 5) is 22.4. The Labute approximate surface area is 68.0 Å². The highest BCUT2D eigenvalue weighted by Crippen LogP contribution is 1.94. The van der Waals surface area contributed by atoms with Crippen molar-refractivity contribution >= 4 is 5.91 Å². The Hall–Kier alpha value is -1.84. The number of hydrogen-bond donors (Lipinski definition) is 0. The molecule has 2 rings (SSSR count). The molecule has 12 heavy (non-hydrogen) atoms. The maximum atomic E-state index is 11.0. The van der Waals surface area contributed by atoms with E-state index >= 15 is 0 Å². The Morgan fingerprint density at radius 3 is 3.00 bits per heavy atom. The summed E-state index contributed by atoms with van der Waals surface area (Å²) in [5.41, 5.74) is 0.533. The first-order valence-electron chi connectivity index (χ1n) is 3.39. The van der Waals surface area contributed by atoms with Crippen LogP contribution >= 0.6 is 0 Å². The van der Waals surface area contributed by atoms with E-state index in [1.807, 2.05) is 0 Å². The lowest BCUT2D eigenvalue weighted by Gasteiger charge is -1.97. The van der Waals surface area contributed by atoms with Crippen molar-refractivity contribution in [1.29, 1.82) is 0 Å². The van der Waals surface area contributed by atoms with E-state index in [2.05, 4.69) is 21.5 Å². The number of fused-ring (bicyclic) bond motifs is 1. The number of nitrogens with zero attached hydrogens (tertiary/aromatic N) is 3. The molecule has 0 saturated heterocycles. The normalized spacial score (nSPS) is 14.7. The van der Waals surface area contributed by atoms with E-state index < -0.39 is 5.91 Å². The number of carbonyl (C=O) groups excluding carboxylic acids is 1. The van der Waals surface area contributed by atoms with E-state index in [-0.39, 0.29) is 5.70 Å². The molecule has 0 N–H and O–H groups in total. The van der Waals surface area contributed by atoms with Crippen LogP contribution in [0, 0.1) is 0 Å². The van der Waals surface area contributed by atoms with Crippen LogP contribution in [0.3, 0.4) is 0 Å². The average Bonchev–Trinajstić information content (AvgIpc) is 2.07. The van der Waals surface area contributed by atoms with Crippen molar-refractivity contribution in [2.24, 2.45) is 9.98 Å². The average molecular weight is 159 g/mol. The minimum atomic E-state index is -0.416. The van der Waals surface area contributed by atoms with E-state index in [0.29, 0.717) is 10.8 Å². The molecule has 1 aromatic heterocycles. The summed E-state index contributed by atoms with van der Waals surface area (Å²) in [6, 6.07) is 3.48. The number of rotatable bonds is 0. The summed E-state index contributed by atoms with van der Waals surface area (Å²) in [6.07, 6.45) is 1.57. The minimum Gasteiger partial charge on any atom is -0.265 e. The van der Waals surface area contributed by atoms with Gasteiger partial charge in [0.1, 0.15) is 11.1 Å². The van der Waals surface area contributed by atoms with Gasteiger partial charge in [-0.3, -0.25) is 4.79 Å². The molecule has 0 radical (unpaired) electrons. The summed E-state index contributed by atoms with van der Waals surface area (Å²) in [5.74, 6) is -0.416. The predicted molar refractivity (Wildman–Crippen MR) is 40.7 cm³/mol. The van der Waals surface area contributed by atoms with Gasteiger partial charge in [-0.05, 0) is 12.1 Å². The van der Waals surface area contributed by atoms with Crippen molar-refractivity contribution in [3.8, 4) is 0 Å². The maximum Gasteiger partial charge on any atom is 0.297 e. The largest absolute Gasteiger partial charge is 0.297 e. The molecule has 0 saturated carbocycles. The molecule has 0 aromatic carbocycles. The Kier molecular flexibility index (Phi) is 1.33. The summed E-state index contributed by atoms with van der Waals surface area (Å²) in [5, 5.41) is 0.599. The van der Waals surface area contributed by atoms with Crippen LogP contribution in [0.25, 0.3) is 0 Å². The summed E-state index contributed by atoms with van der Waals surface area (Å²) in [7, 11) is 0. The first-order chi connectivity index (χ1) is 5.77. The van der Waals surface area contributed by atoms with Crippen LogP contribution < -0.4 is 10.8 Å². The molecular weight excluding hydrogens is 154 g/mol. The van der Waals surface area contributed by atoms with E-state index in [0.717, 1.165) is 0 Å². The van der Waals surface area contributed by atoms with Crippen LogP contribution in [0.5, 0.6) is 0 Å². The Balaban J connectivity index is 2.87. The molecule has 1 aromatic rings. The standard InChI is InChI=1S/C8H5N3O/c1-5-8(12)11-7-6(10-5)3-2-4-9-7/h2-4H,1H2. The Morgan fingerprint density at radius 1 is 1.33 bits per heavy atom. The predicted octanol–water partition coefficient (Wildman–Crippen LogP) is -0.625. The molecule has 0 aliphatic carbocycles. The monoisotopic (exact) mass is 159 g/mol. The molecule has 4 nitrogen and oxygen atoms in total. The van der Waals surface area contributed by atoms with Crippen LogP contribution in [0.15, 0.2) is 40.6 Å². The van der Waals surface area contributed by atoms with E-state index in [1.165, 1.54) is 0 Å². The number of amides is 1. The molecule has 1 aliphatic heterocycles. The van der Waals surface area contributed by atoms with Gasteiger partial charge in [-0.1, -0.05) is 6.58 Å². The number of aromatic nitrogens is 1. The van der Waals surface area contributed by atoms with Gasteiger partial charge in [-0.15, -0.1) is 0 Å². The minimum absolute atomic E-state index is 0.163. The van der Waals surface area contributed by atoms with E-state index in [4.69, 9.17) is 0 Å². The zero-order valence-corrected chi connectivity index (χ0v) is 6.19. The third kappa shape index (κ3) is 0.934. The summed E-state index contributed by atoms with van der Waals surface area (Å²) in [6.45, 7) is 3.46. The van der Waals surface area contributed by atoms with Crippen molar-refractivity contribution in [3.63, 3.8) is 0 Å². The highest BCUT2D eigenvalue weighted by Gasteiger charge is 2.08. The Morgan fingerprint density at radius 2 is 2.17 bits per heavy atom. The molecule has 0 atom stereocenters.